The van der Waals surface area contributed by atoms with Crippen LogP contribution >= 0.6 is 0 Å². The molecule has 154 valence electrons. The fourth-order valence-corrected chi connectivity index (χ4v) is 4.01. The summed E-state index contributed by atoms with van der Waals surface area (Å²) in [7, 11) is 0. The van der Waals surface area contributed by atoms with Crippen molar-refractivity contribution in [2.45, 2.75) is 39.3 Å². The number of amides is 2. The number of nitrogens with zero attached hydrogens (tertiary/aromatic N) is 3. The van der Waals surface area contributed by atoms with Gasteiger partial charge in [0.25, 0.3) is 0 Å². The van der Waals surface area contributed by atoms with Gasteiger partial charge in [-0.1, -0.05) is 37.3 Å². The van der Waals surface area contributed by atoms with Gasteiger partial charge in [-0.25, -0.2) is 0 Å². The van der Waals surface area contributed by atoms with Gasteiger partial charge in [0.1, 0.15) is 0 Å². The minimum Gasteiger partial charge on any atom is -0.351 e. The number of piperidine rings is 1. The maximum absolute atomic E-state index is 12.8. The lowest BCUT2D eigenvalue weighted by atomic mass is 9.98. The van der Waals surface area contributed by atoms with E-state index in [0.717, 1.165) is 63.6 Å². The SMILES string of the molecule is CC1CCN(C(=O)[C@@H](C)N2CCN(CC(=O)NCc3ccccc3)CC2)CC1. The molecule has 1 atom stereocenters. The van der Waals surface area contributed by atoms with Crippen LogP contribution in [0.1, 0.15) is 32.3 Å². The molecule has 2 heterocycles. The van der Waals surface area contributed by atoms with Gasteiger partial charge in [0, 0.05) is 45.8 Å². The summed E-state index contributed by atoms with van der Waals surface area (Å²) in [5.41, 5.74) is 1.11. The zero-order chi connectivity index (χ0) is 19.9. The zero-order valence-electron chi connectivity index (χ0n) is 17.3. The minimum absolute atomic E-state index is 0.0591. The molecule has 0 spiro atoms. The van der Waals surface area contributed by atoms with E-state index in [2.05, 4.69) is 22.0 Å². The van der Waals surface area contributed by atoms with Crippen molar-refractivity contribution >= 4 is 11.8 Å². The molecule has 0 radical (unpaired) electrons. The smallest absolute Gasteiger partial charge is 0.239 e. The van der Waals surface area contributed by atoms with E-state index in [-0.39, 0.29) is 17.9 Å². The molecule has 2 saturated heterocycles. The third-order valence-corrected chi connectivity index (χ3v) is 6.11. The molecule has 2 amide bonds. The van der Waals surface area contributed by atoms with E-state index in [1.807, 2.05) is 42.2 Å². The van der Waals surface area contributed by atoms with Crippen molar-refractivity contribution in [1.29, 1.82) is 0 Å². The van der Waals surface area contributed by atoms with Crippen LogP contribution in [0.4, 0.5) is 0 Å². The van der Waals surface area contributed by atoms with Gasteiger partial charge in [-0.05, 0) is 31.2 Å². The van der Waals surface area contributed by atoms with Crippen LogP contribution in [0.2, 0.25) is 0 Å². The third-order valence-electron chi connectivity index (χ3n) is 6.11. The van der Waals surface area contributed by atoms with Gasteiger partial charge in [-0.15, -0.1) is 0 Å². The Bertz CT molecular complexity index is 635. The summed E-state index contributed by atoms with van der Waals surface area (Å²) >= 11 is 0. The number of rotatable bonds is 6. The van der Waals surface area contributed by atoms with E-state index < -0.39 is 0 Å². The number of hydrogen-bond donors (Lipinski definition) is 1. The van der Waals surface area contributed by atoms with Gasteiger partial charge in [0.2, 0.25) is 11.8 Å². The highest BCUT2D eigenvalue weighted by atomic mass is 16.2. The lowest BCUT2D eigenvalue weighted by molar-refractivity contribution is -0.138. The Morgan fingerprint density at radius 2 is 1.68 bits per heavy atom. The fourth-order valence-electron chi connectivity index (χ4n) is 4.01. The number of carbonyl (C=O) groups is 2. The molecule has 6 heteroatoms. The van der Waals surface area contributed by atoms with Crippen molar-refractivity contribution in [3.8, 4) is 0 Å². The average Bonchev–Trinajstić information content (AvgIpc) is 2.73. The molecule has 1 N–H and O–H groups in total. The average molecular weight is 387 g/mol. The molecule has 0 aliphatic carbocycles. The lowest BCUT2D eigenvalue weighted by Crippen LogP contribution is -2.56. The number of carbonyl (C=O) groups excluding carboxylic acids is 2. The van der Waals surface area contributed by atoms with Crippen molar-refractivity contribution < 1.29 is 9.59 Å². The second kappa shape index (κ2) is 10.0. The molecule has 6 nitrogen and oxygen atoms in total. The molecule has 0 bridgehead atoms. The van der Waals surface area contributed by atoms with Crippen molar-refractivity contribution in [2.24, 2.45) is 5.92 Å². The van der Waals surface area contributed by atoms with Crippen LogP contribution in [0.5, 0.6) is 0 Å². The van der Waals surface area contributed by atoms with Crippen LogP contribution in [-0.4, -0.2) is 78.4 Å². The molecule has 1 aromatic rings. The number of piperazine rings is 1. The summed E-state index contributed by atoms with van der Waals surface area (Å²) in [6.07, 6.45) is 2.23. The molecule has 0 unspecified atom stereocenters. The first-order valence-corrected chi connectivity index (χ1v) is 10.6. The second-order valence-electron chi connectivity index (χ2n) is 8.26. The van der Waals surface area contributed by atoms with Crippen molar-refractivity contribution in [1.82, 2.24) is 20.0 Å². The van der Waals surface area contributed by atoms with E-state index >= 15 is 0 Å². The monoisotopic (exact) mass is 386 g/mol. The van der Waals surface area contributed by atoms with Gasteiger partial charge in [0.05, 0.1) is 12.6 Å². The Morgan fingerprint density at radius 3 is 2.32 bits per heavy atom. The maximum atomic E-state index is 12.8. The maximum Gasteiger partial charge on any atom is 0.239 e. The van der Waals surface area contributed by atoms with E-state index in [1.54, 1.807) is 0 Å². The van der Waals surface area contributed by atoms with Crippen LogP contribution in [0.15, 0.2) is 30.3 Å². The lowest BCUT2D eigenvalue weighted by Gasteiger charge is -2.40. The summed E-state index contributed by atoms with van der Waals surface area (Å²) in [6.45, 7) is 10.4. The minimum atomic E-state index is -0.0672. The number of benzene rings is 1. The van der Waals surface area contributed by atoms with E-state index in [0.29, 0.717) is 13.1 Å². The Hall–Kier alpha value is -1.92. The normalized spacial score (nSPS) is 20.7. The Kier molecular flexibility index (Phi) is 7.45. The molecule has 2 aliphatic rings. The Labute approximate surface area is 168 Å². The van der Waals surface area contributed by atoms with Crippen molar-refractivity contribution in [3.63, 3.8) is 0 Å². The van der Waals surface area contributed by atoms with Gasteiger partial charge in [-0.3, -0.25) is 19.4 Å². The van der Waals surface area contributed by atoms with E-state index in [1.165, 1.54) is 0 Å². The van der Waals surface area contributed by atoms with Gasteiger partial charge in [0.15, 0.2) is 0 Å². The highest BCUT2D eigenvalue weighted by molar-refractivity contribution is 5.81. The van der Waals surface area contributed by atoms with Gasteiger partial charge in [-0.2, -0.15) is 0 Å². The molecular formula is C22H34N4O2. The summed E-state index contributed by atoms with van der Waals surface area (Å²) < 4.78 is 0. The summed E-state index contributed by atoms with van der Waals surface area (Å²) in [4.78, 5) is 31.5. The summed E-state index contributed by atoms with van der Waals surface area (Å²) in [5.74, 6) is 1.06. The van der Waals surface area contributed by atoms with Crippen molar-refractivity contribution in [3.05, 3.63) is 35.9 Å². The van der Waals surface area contributed by atoms with Crippen LogP contribution in [0, 0.1) is 5.92 Å². The number of nitrogens with one attached hydrogen (secondary N) is 1. The highest BCUT2D eigenvalue weighted by Crippen LogP contribution is 2.18. The van der Waals surface area contributed by atoms with Crippen molar-refractivity contribution in [2.75, 3.05) is 45.8 Å². The Morgan fingerprint density at radius 1 is 1.04 bits per heavy atom. The topological polar surface area (TPSA) is 55.9 Å². The molecule has 28 heavy (non-hydrogen) atoms. The zero-order valence-corrected chi connectivity index (χ0v) is 17.3. The van der Waals surface area contributed by atoms with Gasteiger partial charge < -0.3 is 10.2 Å². The molecule has 1 aromatic carbocycles. The standard InChI is InChI=1S/C22H34N4O2/c1-18-8-10-26(11-9-18)22(28)19(2)25-14-12-24(13-15-25)17-21(27)23-16-20-6-4-3-5-7-20/h3-7,18-19H,8-17H2,1-2H3,(H,23,27)/t19-/m1/s1. The molecule has 2 fully saturated rings. The first-order chi connectivity index (χ1) is 13.5. The fraction of sp³-hybridized carbons (Fsp3) is 0.636. The second-order valence-corrected chi connectivity index (χ2v) is 8.26. The molecule has 0 saturated carbocycles. The molecular weight excluding hydrogens is 352 g/mol. The van der Waals surface area contributed by atoms with Crippen LogP contribution in [0.3, 0.4) is 0 Å². The molecule has 0 aromatic heterocycles. The highest BCUT2D eigenvalue weighted by Gasteiger charge is 2.30. The third kappa shape index (κ3) is 5.79. The van der Waals surface area contributed by atoms with Gasteiger partial charge >= 0.3 is 0 Å². The van der Waals surface area contributed by atoms with Crippen LogP contribution in [-0.2, 0) is 16.1 Å². The van der Waals surface area contributed by atoms with Crippen LogP contribution in [0.25, 0.3) is 0 Å². The van der Waals surface area contributed by atoms with E-state index in [9.17, 15) is 9.59 Å². The Balaban J connectivity index is 1.37. The van der Waals surface area contributed by atoms with E-state index in [4.69, 9.17) is 0 Å². The number of likely N-dealkylation sites (tertiary alicyclic amines) is 1. The molecule has 2 aliphatic heterocycles. The quantitative estimate of drug-likeness (QED) is 0.806. The largest absolute Gasteiger partial charge is 0.351 e. The summed E-state index contributed by atoms with van der Waals surface area (Å²) in [6, 6.07) is 9.90. The first-order valence-electron chi connectivity index (χ1n) is 10.6. The predicted molar refractivity (Wildman–Crippen MR) is 111 cm³/mol. The summed E-state index contributed by atoms with van der Waals surface area (Å²) in [5, 5.41) is 2.99. The first kappa shape index (κ1) is 20.8. The number of hydrogen-bond acceptors (Lipinski definition) is 4. The van der Waals surface area contributed by atoms with Crippen LogP contribution < -0.4 is 5.32 Å². The molecule has 3 rings (SSSR count). The predicted octanol–water partition coefficient (Wildman–Crippen LogP) is 1.57.